The molecule has 0 spiro atoms. The van der Waals surface area contributed by atoms with Gasteiger partial charge in [-0.2, -0.15) is 0 Å². The van der Waals surface area contributed by atoms with Crippen LogP contribution >= 0.6 is 11.3 Å². The molecule has 3 N–H and O–H groups in total. The van der Waals surface area contributed by atoms with Gasteiger partial charge in [-0.05, 0) is 46.2 Å². The normalized spacial score (nSPS) is 13.2. The molecule has 0 aliphatic heterocycles. The molecule has 0 aromatic carbocycles. The minimum atomic E-state index is -0.416. The molecule has 4 nitrogen and oxygen atoms in total. The Hall–Kier alpha value is -1.07. The maximum Gasteiger partial charge on any atom is 0.315 e. The first-order valence-corrected chi connectivity index (χ1v) is 6.92. The Balaban J connectivity index is 2.31. The third kappa shape index (κ3) is 5.51. The average molecular weight is 270 g/mol. The van der Waals surface area contributed by atoms with Gasteiger partial charge >= 0.3 is 6.03 Å². The lowest BCUT2D eigenvalue weighted by molar-refractivity contribution is 0.203. The van der Waals surface area contributed by atoms with Crippen LogP contribution in [0.3, 0.4) is 0 Å². The molecule has 0 saturated carbocycles. The predicted octanol–water partition coefficient (Wildman–Crippen LogP) is 2.44. The van der Waals surface area contributed by atoms with E-state index in [9.17, 15) is 9.90 Å². The summed E-state index contributed by atoms with van der Waals surface area (Å²) in [4.78, 5) is 13.6. The van der Waals surface area contributed by atoms with Crippen molar-refractivity contribution in [3.8, 4) is 0 Å². The van der Waals surface area contributed by atoms with Gasteiger partial charge in [0.15, 0.2) is 0 Å². The Morgan fingerprint density at radius 1 is 1.44 bits per heavy atom. The Kier molecular flexibility index (Phi) is 5.16. The number of rotatable bonds is 4. The first kappa shape index (κ1) is 15.0. The number of urea groups is 1. The van der Waals surface area contributed by atoms with Gasteiger partial charge in [-0.3, -0.25) is 0 Å². The van der Waals surface area contributed by atoms with E-state index in [-0.39, 0.29) is 11.6 Å². The highest BCUT2D eigenvalue weighted by molar-refractivity contribution is 7.12. The first-order valence-electron chi connectivity index (χ1n) is 6.10. The molecule has 1 unspecified atom stereocenters. The molecule has 0 aliphatic rings. The topological polar surface area (TPSA) is 61.4 Å². The summed E-state index contributed by atoms with van der Waals surface area (Å²) < 4.78 is 0. The molecule has 0 fully saturated rings. The average Bonchev–Trinajstić information content (AvgIpc) is 2.63. The quantitative estimate of drug-likeness (QED) is 0.787. The van der Waals surface area contributed by atoms with E-state index in [2.05, 4.69) is 10.6 Å². The predicted molar refractivity (Wildman–Crippen MR) is 74.9 cm³/mol. The summed E-state index contributed by atoms with van der Waals surface area (Å²) in [6, 6.07) is 3.78. The highest BCUT2D eigenvalue weighted by Gasteiger charge is 2.13. The van der Waals surface area contributed by atoms with Gasteiger partial charge in [-0.15, -0.1) is 11.3 Å². The Labute approximate surface area is 112 Å². The van der Waals surface area contributed by atoms with E-state index in [0.717, 1.165) is 11.3 Å². The second-order valence-corrected chi connectivity index (χ2v) is 6.56. The Bertz CT molecular complexity index is 394. The molecular formula is C13H22N2O2S. The fourth-order valence-corrected chi connectivity index (χ4v) is 2.39. The van der Waals surface area contributed by atoms with Gasteiger partial charge in [0.05, 0.1) is 6.10 Å². The van der Waals surface area contributed by atoms with Gasteiger partial charge in [0.2, 0.25) is 0 Å². The minimum Gasteiger partial charge on any atom is -0.388 e. The number of aliphatic hydroxyl groups is 1. The van der Waals surface area contributed by atoms with Crippen molar-refractivity contribution < 1.29 is 9.90 Å². The summed E-state index contributed by atoms with van der Waals surface area (Å²) in [6.45, 7) is 8.19. The molecule has 1 rings (SSSR count). The lowest BCUT2D eigenvalue weighted by Gasteiger charge is -2.20. The summed E-state index contributed by atoms with van der Waals surface area (Å²) >= 11 is 1.58. The monoisotopic (exact) mass is 270 g/mol. The fraction of sp³-hybridized carbons (Fsp3) is 0.615. The highest BCUT2D eigenvalue weighted by Crippen LogP contribution is 2.22. The van der Waals surface area contributed by atoms with Crippen molar-refractivity contribution in [3.63, 3.8) is 0 Å². The second-order valence-electron chi connectivity index (χ2n) is 5.36. The van der Waals surface area contributed by atoms with Crippen molar-refractivity contribution in [2.45, 2.75) is 45.8 Å². The van der Waals surface area contributed by atoms with Crippen LogP contribution in [0.15, 0.2) is 12.1 Å². The largest absolute Gasteiger partial charge is 0.388 e. The standard InChI is InChI=1S/C13H22N2O2S/c1-9(16)11-6-5-10(18-11)7-8-14-12(17)15-13(2,3)4/h5-6,9,16H,7-8H2,1-4H3,(H2,14,15,17). The van der Waals surface area contributed by atoms with E-state index in [4.69, 9.17) is 0 Å². The summed E-state index contributed by atoms with van der Waals surface area (Å²) in [5.74, 6) is 0. The molecule has 1 atom stereocenters. The van der Waals surface area contributed by atoms with E-state index in [1.807, 2.05) is 32.9 Å². The summed E-state index contributed by atoms with van der Waals surface area (Å²) in [6.07, 6.45) is 0.371. The molecule has 2 amide bonds. The van der Waals surface area contributed by atoms with Gasteiger partial charge in [-0.1, -0.05) is 0 Å². The van der Waals surface area contributed by atoms with Crippen LogP contribution in [0, 0.1) is 0 Å². The van der Waals surface area contributed by atoms with Crippen LogP contribution in [0.2, 0.25) is 0 Å². The maximum absolute atomic E-state index is 11.5. The molecule has 0 aliphatic carbocycles. The number of thiophene rings is 1. The van der Waals surface area contributed by atoms with Gasteiger partial charge in [0, 0.05) is 21.8 Å². The highest BCUT2D eigenvalue weighted by atomic mass is 32.1. The maximum atomic E-state index is 11.5. The van der Waals surface area contributed by atoms with Crippen molar-refractivity contribution in [3.05, 3.63) is 21.9 Å². The third-order valence-corrected chi connectivity index (χ3v) is 3.55. The second kappa shape index (κ2) is 6.20. The van der Waals surface area contributed by atoms with Crippen molar-refractivity contribution in [2.75, 3.05) is 6.54 Å². The first-order chi connectivity index (χ1) is 8.28. The Morgan fingerprint density at radius 2 is 2.11 bits per heavy atom. The van der Waals surface area contributed by atoms with E-state index in [1.165, 1.54) is 4.88 Å². The van der Waals surface area contributed by atoms with Crippen molar-refractivity contribution in [1.29, 1.82) is 0 Å². The molecular weight excluding hydrogens is 248 g/mol. The number of aliphatic hydroxyl groups excluding tert-OH is 1. The van der Waals surface area contributed by atoms with Crippen LogP contribution in [0.1, 0.15) is 43.6 Å². The molecule has 1 heterocycles. The van der Waals surface area contributed by atoms with E-state index in [1.54, 1.807) is 18.3 Å². The molecule has 0 bridgehead atoms. The molecule has 102 valence electrons. The summed E-state index contributed by atoms with van der Waals surface area (Å²) in [7, 11) is 0. The number of hydrogen-bond donors (Lipinski definition) is 3. The molecule has 18 heavy (non-hydrogen) atoms. The number of carbonyl (C=O) groups excluding carboxylic acids is 1. The van der Waals surface area contributed by atoms with E-state index in [0.29, 0.717) is 6.54 Å². The van der Waals surface area contributed by atoms with Gasteiger partial charge in [-0.25, -0.2) is 4.79 Å². The SMILES string of the molecule is CC(O)c1ccc(CCNC(=O)NC(C)(C)C)s1. The lowest BCUT2D eigenvalue weighted by atomic mass is 10.1. The zero-order chi connectivity index (χ0) is 13.8. The number of hydrogen-bond acceptors (Lipinski definition) is 3. The summed E-state index contributed by atoms with van der Waals surface area (Å²) in [5.41, 5.74) is -0.216. The van der Waals surface area contributed by atoms with Crippen molar-refractivity contribution in [2.24, 2.45) is 0 Å². The number of nitrogens with one attached hydrogen (secondary N) is 2. The summed E-state index contributed by atoms with van der Waals surface area (Å²) in [5, 5.41) is 15.1. The number of amides is 2. The lowest BCUT2D eigenvalue weighted by Crippen LogP contribution is -2.46. The molecule has 0 saturated heterocycles. The smallest absolute Gasteiger partial charge is 0.315 e. The molecule has 5 heteroatoms. The molecule has 1 aromatic rings. The van der Waals surface area contributed by atoms with Crippen LogP contribution in [0.25, 0.3) is 0 Å². The van der Waals surface area contributed by atoms with Crippen LogP contribution in [0.5, 0.6) is 0 Å². The van der Waals surface area contributed by atoms with Crippen LogP contribution in [0.4, 0.5) is 4.79 Å². The Morgan fingerprint density at radius 3 is 2.61 bits per heavy atom. The van der Waals surface area contributed by atoms with Gasteiger partial charge in [0.25, 0.3) is 0 Å². The van der Waals surface area contributed by atoms with Crippen LogP contribution in [-0.2, 0) is 6.42 Å². The molecule has 1 aromatic heterocycles. The number of carbonyl (C=O) groups is 1. The van der Waals surface area contributed by atoms with Gasteiger partial charge < -0.3 is 15.7 Å². The molecule has 0 radical (unpaired) electrons. The minimum absolute atomic E-state index is 0.144. The fourth-order valence-electron chi connectivity index (χ4n) is 1.44. The zero-order valence-electron chi connectivity index (χ0n) is 11.4. The van der Waals surface area contributed by atoms with Crippen molar-refractivity contribution >= 4 is 17.4 Å². The zero-order valence-corrected chi connectivity index (χ0v) is 12.2. The van der Waals surface area contributed by atoms with Crippen LogP contribution < -0.4 is 10.6 Å². The van der Waals surface area contributed by atoms with Crippen molar-refractivity contribution in [1.82, 2.24) is 10.6 Å². The van der Waals surface area contributed by atoms with E-state index < -0.39 is 6.10 Å². The van der Waals surface area contributed by atoms with Gasteiger partial charge in [0.1, 0.15) is 0 Å². The van der Waals surface area contributed by atoms with Crippen LogP contribution in [-0.4, -0.2) is 23.2 Å². The van der Waals surface area contributed by atoms with E-state index >= 15 is 0 Å². The third-order valence-electron chi connectivity index (χ3n) is 2.24.